The van der Waals surface area contributed by atoms with E-state index in [1.165, 1.54) is 29.0 Å². The number of aliphatic hydroxyl groups is 1. The maximum Gasteiger partial charge on any atom is 0.123 e. The maximum atomic E-state index is 13.4. The Labute approximate surface area is 183 Å². The van der Waals surface area contributed by atoms with Crippen LogP contribution < -0.4 is 10.4 Å². The second-order valence-electron chi connectivity index (χ2n) is 8.98. The van der Waals surface area contributed by atoms with Crippen LogP contribution >= 0.6 is 0 Å². The predicted molar refractivity (Wildman–Crippen MR) is 121 cm³/mol. The van der Waals surface area contributed by atoms with Crippen molar-refractivity contribution in [2.45, 2.75) is 38.7 Å². The molecule has 4 heteroatoms. The van der Waals surface area contributed by atoms with Crippen LogP contribution in [0, 0.1) is 29.0 Å². The second kappa shape index (κ2) is 8.00. The summed E-state index contributed by atoms with van der Waals surface area (Å²) in [6.07, 6.45) is 5.64. The number of nitrogens with one attached hydrogen (secondary N) is 1. The molecule has 3 nitrogen and oxygen atoms in total. The molecule has 0 bridgehead atoms. The van der Waals surface area contributed by atoms with E-state index in [0.717, 1.165) is 43.5 Å². The van der Waals surface area contributed by atoms with Gasteiger partial charge in [0.15, 0.2) is 0 Å². The molecule has 0 radical (unpaired) electrons. The van der Waals surface area contributed by atoms with Crippen LogP contribution in [0.4, 0.5) is 10.1 Å². The number of fused-ring (bicyclic) bond motifs is 1. The number of allylic oxidation sites excluding steroid dienone is 2. The minimum Gasteiger partial charge on any atom is -0.380 e. The number of benzene rings is 2. The van der Waals surface area contributed by atoms with Crippen LogP contribution in [0.15, 0.2) is 77.5 Å². The summed E-state index contributed by atoms with van der Waals surface area (Å²) in [7, 11) is 0. The molecule has 1 aliphatic heterocycles. The standard InChI is InChI=1S/C27H27FN2O/c1-27-17-20-18-29-30(23-13-11-22(28)12-14-23)25(20)16-21(27)8-5-9-24(27)26(31)15-10-19-6-3-2-4-7-19/h2-4,6-7,11-14,16,24,26,29,31H,5,8-9,17-18H2,1H3. The van der Waals surface area contributed by atoms with Gasteiger partial charge in [-0.2, -0.15) is 0 Å². The second-order valence-corrected chi connectivity index (χ2v) is 8.98. The lowest BCUT2D eigenvalue weighted by Crippen LogP contribution is -2.42. The predicted octanol–water partition coefficient (Wildman–Crippen LogP) is 4.95. The summed E-state index contributed by atoms with van der Waals surface area (Å²) < 4.78 is 13.4. The van der Waals surface area contributed by atoms with Gasteiger partial charge in [0, 0.05) is 18.0 Å². The lowest BCUT2D eigenvalue weighted by atomic mass is 9.58. The Morgan fingerprint density at radius 3 is 2.71 bits per heavy atom. The molecule has 0 saturated heterocycles. The molecule has 3 aliphatic rings. The summed E-state index contributed by atoms with van der Waals surface area (Å²) >= 11 is 0. The number of halogens is 1. The average molecular weight is 415 g/mol. The Morgan fingerprint density at radius 2 is 1.94 bits per heavy atom. The molecule has 5 rings (SSSR count). The number of hydrazine groups is 1. The van der Waals surface area contributed by atoms with E-state index < -0.39 is 6.10 Å². The van der Waals surface area contributed by atoms with Crippen molar-refractivity contribution < 1.29 is 9.50 Å². The number of aliphatic hydroxyl groups excluding tert-OH is 1. The van der Waals surface area contributed by atoms with E-state index in [1.807, 2.05) is 30.3 Å². The fourth-order valence-corrected chi connectivity index (χ4v) is 5.38. The first kappa shape index (κ1) is 20.1. The third-order valence-electron chi connectivity index (χ3n) is 7.06. The molecule has 31 heavy (non-hydrogen) atoms. The number of rotatable bonds is 2. The van der Waals surface area contributed by atoms with Gasteiger partial charge in [-0.1, -0.05) is 42.5 Å². The van der Waals surface area contributed by atoms with Gasteiger partial charge in [0.05, 0.1) is 11.4 Å². The molecule has 2 aromatic rings. The summed E-state index contributed by atoms with van der Waals surface area (Å²) in [4.78, 5) is 0. The smallest absolute Gasteiger partial charge is 0.123 e. The van der Waals surface area contributed by atoms with E-state index in [4.69, 9.17) is 0 Å². The zero-order valence-electron chi connectivity index (χ0n) is 17.7. The Kier molecular flexibility index (Phi) is 5.17. The highest BCUT2D eigenvalue weighted by molar-refractivity contribution is 5.59. The van der Waals surface area contributed by atoms with Crippen LogP contribution in [0.1, 0.15) is 38.2 Å². The van der Waals surface area contributed by atoms with E-state index in [9.17, 15) is 9.50 Å². The van der Waals surface area contributed by atoms with Gasteiger partial charge in [-0.05, 0) is 79.1 Å². The SMILES string of the molecule is CC12CC3=C(C=C1CCCC2C(O)C#Cc1ccccc1)N(c1ccc(F)cc1)NC3. The first-order valence-electron chi connectivity index (χ1n) is 11.0. The molecule has 3 atom stereocenters. The van der Waals surface area contributed by atoms with Crippen LogP contribution in [0.25, 0.3) is 0 Å². The third kappa shape index (κ3) is 3.69. The summed E-state index contributed by atoms with van der Waals surface area (Å²) in [6, 6.07) is 16.4. The van der Waals surface area contributed by atoms with Crippen molar-refractivity contribution in [3.05, 3.63) is 88.9 Å². The van der Waals surface area contributed by atoms with Crippen LogP contribution in [0.3, 0.4) is 0 Å². The van der Waals surface area contributed by atoms with Gasteiger partial charge >= 0.3 is 0 Å². The van der Waals surface area contributed by atoms with Gasteiger partial charge in [-0.3, -0.25) is 5.01 Å². The van der Waals surface area contributed by atoms with Crippen LogP contribution in [0.2, 0.25) is 0 Å². The highest BCUT2D eigenvalue weighted by atomic mass is 19.1. The minimum atomic E-state index is -0.654. The fraction of sp³-hybridized carbons (Fsp3) is 0.333. The van der Waals surface area contributed by atoms with Crippen molar-refractivity contribution in [3.63, 3.8) is 0 Å². The first-order valence-corrected chi connectivity index (χ1v) is 11.0. The van der Waals surface area contributed by atoms with Gasteiger partial charge < -0.3 is 5.11 Å². The van der Waals surface area contributed by atoms with Gasteiger partial charge in [-0.15, -0.1) is 0 Å². The Hall–Kier alpha value is -2.87. The van der Waals surface area contributed by atoms with Gasteiger partial charge in [0.2, 0.25) is 0 Å². The quantitative estimate of drug-likeness (QED) is 0.683. The fourth-order valence-electron chi connectivity index (χ4n) is 5.38. The van der Waals surface area contributed by atoms with E-state index in [1.54, 1.807) is 12.1 Å². The number of hydrogen-bond acceptors (Lipinski definition) is 3. The van der Waals surface area contributed by atoms with Gasteiger partial charge in [-0.25, -0.2) is 9.82 Å². The largest absolute Gasteiger partial charge is 0.380 e. The van der Waals surface area contributed by atoms with Gasteiger partial charge in [0.1, 0.15) is 11.9 Å². The van der Waals surface area contributed by atoms with E-state index in [2.05, 4.69) is 35.3 Å². The molecule has 2 aliphatic carbocycles. The molecule has 3 unspecified atom stereocenters. The van der Waals surface area contributed by atoms with Gasteiger partial charge in [0.25, 0.3) is 0 Å². The Morgan fingerprint density at radius 1 is 1.16 bits per heavy atom. The summed E-state index contributed by atoms with van der Waals surface area (Å²) in [5.74, 6) is 6.16. The molecule has 1 saturated carbocycles. The topological polar surface area (TPSA) is 35.5 Å². The van der Waals surface area contributed by atoms with E-state index in [-0.39, 0.29) is 17.2 Å². The highest BCUT2D eigenvalue weighted by Gasteiger charge is 2.47. The molecule has 2 aromatic carbocycles. The lowest BCUT2D eigenvalue weighted by molar-refractivity contribution is 0.0578. The summed E-state index contributed by atoms with van der Waals surface area (Å²) in [6.45, 7) is 3.06. The lowest BCUT2D eigenvalue weighted by Gasteiger charge is -2.47. The first-order chi connectivity index (χ1) is 15.0. The number of nitrogens with zero attached hydrogens (tertiary/aromatic N) is 1. The molecular formula is C27H27FN2O. The van der Waals surface area contributed by atoms with Crippen molar-refractivity contribution in [1.82, 2.24) is 5.43 Å². The summed E-state index contributed by atoms with van der Waals surface area (Å²) in [5.41, 5.74) is 9.13. The highest BCUT2D eigenvalue weighted by Crippen LogP contribution is 2.54. The summed E-state index contributed by atoms with van der Waals surface area (Å²) in [5, 5.41) is 13.1. The Balaban J connectivity index is 1.41. The zero-order valence-corrected chi connectivity index (χ0v) is 17.7. The molecule has 158 valence electrons. The molecular weight excluding hydrogens is 387 g/mol. The maximum absolute atomic E-state index is 13.4. The van der Waals surface area contributed by atoms with Crippen LogP contribution in [-0.4, -0.2) is 17.8 Å². The van der Waals surface area contributed by atoms with E-state index >= 15 is 0 Å². The van der Waals surface area contributed by atoms with Crippen molar-refractivity contribution in [3.8, 4) is 11.8 Å². The normalized spacial score (nSPS) is 25.8. The van der Waals surface area contributed by atoms with Crippen LogP contribution in [-0.2, 0) is 0 Å². The van der Waals surface area contributed by atoms with Crippen molar-refractivity contribution in [1.29, 1.82) is 0 Å². The number of anilines is 1. The monoisotopic (exact) mass is 414 g/mol. The average Bonchev–Trinajstić information content (AvgIpc) is 3.18. The molecule has 0 spiro atoms. The third-order valence-corrected chi connectivity index (χ3v) is 7.06. The molecule has 2 N–H and O–H groups in total. The Bertz CT molecular complexity index is 1090. The molecule has 1 fully saturated rings. The minimum absolute atomic E-state index is 0.0949. The zero-order chi connectivity index (χ0) is 21.4. The van der Waals surface area contributed by atoms with Crippen molar-refractivity contribution in [2.24, 2.45) is 11.3 Å². The molecule has 0 aromatic heterocycles. The van der Waals surface area contributed by atoms with Crippen LogP contribution in [0.5, 0.6) is 0 Å². The van der Waals surface area contributed by atoms with E-state index in [0.29, 0.717) is 0 Å². The molecule has 1 heterocycles. The van der Waals surface area contributed by atoms with Crippen molar-refractivity contribution >= 4 is 5.69 Å². The van der Waals surface area contributed by atoms with Crippen molar-refractivity contribution in [2.75, 3.05) is 11.6 Å². The molecule has 0 amide bonds. The number of hydrogen-bond donors (Lipinski definition) is 2.